The van der Waals surface area contributed by atoms with E-state index in [1.54, 1.807) is 0 Å². The summed E-state index contributed by atoms with van der Waals surface area (Å²) in [7, 11) is 0. The third-order valence-electron chi connectivity index (χ3n) is 3.94. The van der Waals surface area contributed by atoms with Crippen LogP contribution in [-0.2, 0) is 4.79 Å². The van der Waals surface area contributed by atoms with Crippen molar-refractivity contribution in [1.82, 2.24) is 5.32 Å². The molecule has 1 atom stereocenters. The molecular weight excluding hydrogens is 242 g/mol. The highest BCUT2D eigenvalue weighted by Crippen LogP contribution is 2.19. The van der Waals surface area contributed by atoms with Gasteiger partial charge in [-0.2, -0.15) is 0 Å². The fourth-order valence-corrected chi connectivity index (χ4v) is 2.26. The molecule has 0 aliphatic carbocycles. The van der Waals surface area contributed by atoms with Gasteiger partial charge in [0, 0.05) is 5.92 Å². The van der Waals surface area contributed by atoms with Crippen LogP contribution in [0.25, 0.3) is 0 Å². The lowest BCUT2D eigenvalue weighted by Crippen LogP contribution is -2.58. The number of hydrogen-bond acceptors (Lipinski definition) is 3. The molecule has 0 fully saturated rings. The van der Waals surface area contributed by atoms with Crippen molar-refractivity contribution in [2.45, 2.75) is 71.8 Å². The molecule has 0 aromatic carbocycles. The molecule has 1 amide bonds. The van der Waals surface area contributed by atoms with E-state index >= 15 is 0 Å². The van der Waals surface area contributed by atoms with E-state index in [0.29, 0.717) is 12.8 Å². The fourth-order valence-electron chi connectivity index (χ4n) is 2.26. The van der Waals surface area contributed by atoms with E-state index in [1.165, 1.54) is 0 Å². The van der Waals surface area contributed by atoms with Crippen LogP contribution in [0.4, 0.5) is 0 Å². The van der Waals surface area contributed by atoms with E-state index in [2.05, 4.69) is 17.4 Å². The molecule has 0 rings (SSSR count). The molecule has 0 aliphatic rings. The summed E-state index contributed by atoms with van der Waals surface area (Å²) < 4.78 is 0. The van der Waals surface area contributed by atoms with Crippen molar-refractivity contribution in [3.05, 3.63) is 0 Å². The standard InChI is InChI=1S/C14H29N3O2/c1-5-9-10-11(6-2)12(18)16-14(7-3,8-4)13(15)17-19/h11,19H,5-10H2,1-4H3,(H2,15,17)(H,16,18). The molecule has 4 N–H and O–H groups in total. The molecule has 0 aromatic heterocycles. The Morgan fingerprint density at radius 1 is 1.32 bits per heavy atom. The van der Waals surface area contributed by atoms with E-state index in [1.807, 2.05) is 20.8 Å². The summed E-state index contributed by atoms with van der Waals surface area (Å²) in [5, 5.41) is 15.0. The molecular formula is C14H29N3O2. The fraction of sp³-hybridized carbons (Fsp3) is 0.857. The maximum atomic E-state index is 12.3. The maximum Gasteiger partial charge on any atom is 0.223 e. The smallest absolute Gasteiger partial charge is 0.223 e. The Hall–Kier alpha value is -1.26. The van der Waals surface area contributed by atoms with Gasteiger partial charge >= 0.3 is 0 Å². The Labute approximate surface area is 116 Å². The van der Waals surface area contributed by atoms with Gasteiger partial charge in [0.15, 0.2) is 5.84 Å². The highest BCUT2D eigenvalue weighted by Gasteiger charge is 2.34. The number of rotatable bonds is 9. The van der Waals surface area contributed by atoms with Crippen molar-refractivity contribution in [2.24, 2.45) is 16.8 Å². The third-order valence-corrected chi connectivity index (χ3v) is 3.94. The van der Waals surface area contributed by atoms with Crippen LogP contribution in [0.1, 0.15) is 66.2 Å². The first-order valence-corrected chi connectivity index (χ1v) is 7.31. The lowest BCUT2D eigenvalue weighted by molar-refractivity contribution is -0.126. The zero-order chi connectivity index (χ0) is 14.9. The van der Waals surface area contributed by atoms with Gasteiger partial charge in [0.05, 0.1) is 0 Å². The molecule has 0 aliphatic heterocycles. The molecule has 0 spiro atoms. The van der Waals surface area contributed by atoms with Gasteiger partial charge in [-0.1, -0.05) is 45.7 Å². The quantitative estimate of drug-likeness (QED) is 0.261. The highest BCUT2D eigenvalue weighted by molar-refractivity contribution is 5.94. The summed E-state index contributed by atoms with van der Waals surface area (Å²) in [6, 6.07) is 0. The van der Waals surface area contributed by atoms with Crippen LogP contribution in [0.3, 0.4) is 0 Å². The second-order valence-electron chi connectivity index (χ2n) is 5.01. The average Bonchev–Trinajstić information content (AvgIpc) is 2.44. The zero-order valence-corrected chi connectivity index (χ0v) is 12.7. The van der Waals surface area contributed by atoms with Gasteiger partial charge in [0.25, 0.3) is 0 Å². The van der Waals surface area contributed by atoms with Gasteiger partial charge < -0.3 is 16.3 Å². The number of carbonyl (C=O) groups excluding carboxylic acids is 1. The third kappa shape index (κ3) is 4.73. The van der Waals surface area contributed by atoms with Gasteiger partial charge in [0.1, 0.15) is 5.54 Å². The van der Waals surface area contributed by atoms with Crippen LogP contribution in [0.15, 0.2) is 5.16 Å². The number of amidine groups is 1. The predicted octanol–water partition coefficient (Wildman–Crippen LogP) is 2.62. The molecule has 5 nitrogen and oxygen atoms in total. The van der Waals surface area contributed by atoms with Crippen LogP contribution in [0, 0.1) is 5.92 Å². The number of nitrogens with two attached hydrogens (primary N) is 1. The minimum Gasteiger partial charge on any atom is -0.409 e. The number of nitrogens with zero attached hydrogens (tertiary/aromatic N) is 1. The number of unbranched alkanes of at least 4 members (excludes halogenated alkanes) is 1. The molecule has 1 unspecified atom stereocenters. The van der Waals surface area contributed by atoms with E-state index in [9.17, 15) is 4.79 Å². The lowest BCUT2D eigenvalue weighted by atomic mass is 9.89. The number of hydrogen-bond donors (Lipinski definition) is 3. The SMILES string of the molecule is CCCCC(CC)C(=O)NC(CC)(CC)/C(N)=N/O. The first kappa shape index (κ1) is 17.7. The minimum atomic E-state index is -0.731. The van der Waals surface area contributed by atoms with Crippen LogP contribution in [-0.4, -0.2) is 22.5 Å². The average molecular weight is 271 g/mol. The molecule has 0 heterocycles. The first-order valence-electron chi connectivity index (χ1n) is 7.31. The number of carbonyl (C=O) groups is 1. The monoisotopic (exact) mass is 271 g/mol. The molecule has 112 valence electrons. The van der Waals surface area contributed by atoms with Crippen molar-refractivity contribution in [2.75, 3.05) is 0 Å². The first-order chi connectivity index (χ1) is 9.01. The van der Waals surface area contributed by atoms with E-state index in [-0.39, 0.29) is 17.7 Å². The minimum absolute atomic E-state index is 0.00363. The summed E-state index contributed by atoms with van der Waals surface area (Å²) >= 11 is 0. The zero-order valence-electron chi connectivity index (χ0n) is 12.7. The molecule has 0 bridgehead atoms. The predicted molar refractivity (Wildman–Crippen MR) is 78.2 cm³/mol. The van der Waals surface area contributed by atoms with Crippen molar-refractivity contribution in [3.63, 3.8) is 0 Å². The Morgan fingerprint density at radius 3 is 2.26 bits per heavy atom. The summed E-state index contributed by atoms with van der Waals surface area (Å²) in [4.78, 5) is 12.3. The summed E-state index contributed by atoms with van der Waals surface area (Å²) in [6.45, 7) is 7.98. The van der Waals surface area contributed by atoms with Crippen molar-refractivity contribution in [3.8, 4) is 0 Å². The Morgan fingerprint density at radius 2 is 1.89 bits per heavy atom. The number of nitrogens with one attached hydrogen (secondary N) is 1. The van der Waals surface area contributed by atoms with E-state index in [4.69, 9.17) is 10.9 Å². The molecule has 19 heavy (non-hydrogen) atoms. The van der Waals surface area contributed by atoms with Gasteiger partial charge in [-0.15, -0.1) is 0 Å². The summed E-state index contributed by atoms with van der Waals surface area (Å²) in [5.74, 6) is 0.0892. The largest absolute Gasteiger partial charge is 0.409 e. The van der Waals surface area contributed by atoms with Crippen molar-refractivity contribution in [1.29, 1.82) is 0 Å². The topological polar surface area (TPSA) is 87.7 Å². The molecule has 0 saturated heterocycles. The summed E-state index contributed by atoms with van der Waals surface area (Å²) in [6.07, 6.45) is 5.03. The van der Waals surface area contributed by atoms with Gasteiger partial charge in [-0.25, -0.2) is 0 Å². The van der Waals surface area contributed by atoms with Gasteiger partial charge in [-0.05, 0) is 25.7 Å². The van der Waals surface area contributed by atoms with Crippen LogP contribution in [0.2, 0.25) is 0 Å². The molecule has 5 heteroatoms. The lowest BCUT2D eigenvalue weighted by Gasteiger charge is -2.33. The van der Waals surface area contributed by atoms with E-state index < -0.39 is 5.54 Å². The second-order valence-corrected chi connectivity index (χ2v) is 5.01. The van der Waals surface area contributed by atoms with Crippen LogP contribution in [0.5, 0.6) is 0 Å². The summed E-state index contributed by atoms with van der Waals surface area (Å²) in [5.41, 5.74) is 5.02. The second kappa shape index (κ2) is 8.77. The molecule has 0 radical (unpaired) electrons. The number of oxime groups is 1. The normalized spacial score (nSPS) is 14.2. The van der Waals surface area contributed by atoms with Crippen molar-refractivity contribution < 1.29 is 10.0 Å². The van der Waals surface area contributed by atoms with Crippen molar-refractivity contribution >= 4 is 11.7 Å². The molecule has 0 saturated carbocycles. The maximum absolute atomic E-state index is 12.3. The Balaban J connectivity index is 4.88. The van der Waals surface area contributed by atoms with Crippen LogP contribution < -0.4 is 11.1 Å². The van der Waals surface area contributed by atoms with Gasteiger partial charge in [0.2, 0.25) is 5.91 Å². The van der Waals surface area contributed by atoms with E-state index in [0.717, 1.165) is 25.7 Å². The Kier molecular flexibility index (Phi) is 8.19. The highest BCUT2D eigenvalue weighted by atomic mass is 16.4. The van der Waals surface area contributed by atoms with Gasteiger partial charge in [-0.3, -0.25) is 4.79 Å². The van der Waals surface area contributed by atoms with Crippen LogP contribution >= 0.6 is 0 Å². The molecule has 0 aromatic rings. The number of amides is 1. The Bertz CT molecular complexity index is 299.